The third kappa shape index (κ3) is 1.67. The molecule has 0 radical (unpaired) electrons. The SMILES string of the molecule is CN1C=CC=CC2=C1c1cccc(N)c1SC2. The van der Waals surface area contributed by atoms with E-state index < -0.39 is 0 Å². The number of hydrogen-bond acceptors (Lipinski definition) is 3. The lowest BCUT2D eigenvalue weighted by Gasteiger charge is -2.27. The second kappa shape index (κ2) is 4.00. The highest BCUT2D eigenvalue weighted by molar-refractivity contribution is 7.99. The fourth-order valence-corrected chi connectivity index (χ4v) is 3.35. The molecule has 0 fully saturated rings. The molecular formula is C14H14N2S. The summed E-state index contributed by atoms with van der Waals surface area (Å²) in [5.74, 6) is 0.985. The Morgan fingerprint density at radius 3 is 3.06 bits per heavy atom. The van der Waals surface area contributed by atoms with Crippen molar-refractivity contribution < 1.29 is 0 Å². The molecule has 3 rings (SSSR count). The molecule has 2 aliphatic rings. The van der Waals surface area contributed by atoms with Crippen LogP contribution in [0.3, 0.4) is 0 Å². The summed E-state index contributed by atoms with van der Waals surface area (Å²) in [4.78, 5) is 3.38. The van der Waals surface area contributed by atoms with Crippen molar-refractivity contribution in [2.45, 2.75) is 4.90 Å². The van der Waals surface area contributed by atoms with Crippen LogP contribution in [0.15, 0.2) is 53.1 Å². The van der Waals surface area contributed by atoms with Crippen molar-refractivity contribution in [2.75, 3.05) is 18.5 Å². The van der Waals surface area contributed by atoms with E-state index in [2.05, 4.69) is 42.4 Å². The van der Waals surface area contributed by atoms with E-state index in [-0.39, 0.29) is 0 Å². The summed E-state index contributed by atoms with van der Waals surface area (Å²) in [6.45, 7) is 0. The predicted molar refractivity (Wildman–Crippen MR) is 74.5 cm³/mol. The highest BCUT2D eigenvalue weighted by Crippen LogP contribution is 2.42. The van der Waals surface area contributed by atoms with Crippen LogP contribution in [-0.2, 0) is 0 Å². The monoisotopic (exact) mass is 242 g/mol. The minimum absolute atomic E-state index is 0.879. The molecule has 1 aromatic rings. The van der Waals surface area contributed by atoms with Crippen LogP contribution >= 0.6 is 11.8 Å². The molecule has 1 aromatic carbocycles. The summed E-state index contributed by atoms with van der Waals surface area (Å²) >= 11 is 1.82. The Bertz CT molecular complexity index is 555. The Balaban J connectivity index is 2.23. The topological polar surface area (TPSA) is 29.3 Å². The molecule has 2 nitrogen and oxygen atoms in total. The summed E-state index contributed by atoms with van der Waals surface area (Å²) in [7, 11) is 2.09. The van der Waals surface area contributed by atoms with Gasteiger partial charge in [-0.2, -0.15) is 0 Å². The molecule has 0 spiro atoms. The van der Waals surface area contributed by atoms with Crippen molar-refractivity contribution in [3.63, 3.8) is 0 Å². The lowest BCUT2D eigenvalue weighted by atomic mass is 10.0. The quantitative estimate of drug-likeness (QED) is 0.709. The first kappa shape index (κ1) is 10.5. The number of nitrogens with zero attached hydrogens (tertiary/aromatic N) is 1. The van der Waals surface area contributed by atoms with E-state index in [0.29, 0.717) is 0 Å². The van der Waals surface area contributed by atoms with Crippen LogP contribution in [0.25, 0.3) is 5.70 Å². The number of thioether (sulfide) groups is 1. The van der Waals surface area contributed by atoms with Gasteiger partial charge in [0.25, 0.3) is 0 Å². The number of benzene rings is 1. The lowest BCUT2D eigenvalue weighted by molar-refractivity contribution is 0.650. The molecule has 0 bridgehead atoms. The average molecular weight is 242 g/mol. The molecule has 0 amide bonds. The largest absolute Gasteiger partial charge is 0.398 e. The van der Waals surface area contributed by atoms with Crippen molar-refractivity contribution in [1.29, 1.82) is 0 Å². The summed E-state index contributed by atoms with van der Waals surface area (Å²) in [6, 6.07) is 6.15. The van der Waals surface area contributed by atoms with Gasteiger partial charge in [0, 0.05) is 35.1 Å². The highest BCUT2D eigenvalue weighted by atomic mass is 32.2. The van der Waals surface area contributed by atoms with Gasteiger partial charge in [-0.15, -0.1) is 11.8 Å². The van der Waals surface area contributed by atoms with E-state index in [4.69, 9.17) is 5.73 Å². The predicted octanol–water partition coefficient (Wildman–Crippen LogP) is 3.10. The van der Waals surface area contributed by atoms with E-state index in [9.17, 15) is 0 Å². The molecule has 3 heteroatoms. The molecule has 17 heavy (non-hydrogen) atoms. The van der Waals surface area contributed by atoms with Crippen LogP contribution in [-0.4, -0.2) is 17.7 Å². The van der Waals surface area contributed by atoms with Gasteiger partial charge in [-0.3, -0.25) is 0 Å². The fourth-order valence-electron chi connectivity index (χ4n) is 2.26. The van der Waals surface area contributed by atoms with Gasteiger partial charge >= 0.3 is 0 Å². The number of nitrogens with two attached hydrogens (primary N) is 1. The normalized spacial score (nSPS) is 17.8. The number of nitrogen functional groups attached to an aromatic ring is 1. The van der Waals surface area contributed by atoms with Crippen molar-refractivity contribution in [3.8, 4) is 0 Å². The highest BCUT2D eigenvalue weighted by Gasteiger charge is 2.22. The second-order valence-electron chi connectivity index (χ2n) is 4.20. The van der Waals surface area contributed by atoms with Gasteiger partial charge in [-0.1, -0.05) is 24.3 Å². The maximum absolute atomic E-state index is 6.05. The number of allylic oxidation sites excluding steroid dienone is 3. The maximum atomic E-state index is 6.05. The van der Waals surface area contributed by atoms with E-state index in [1.165, 1.54) is 21.7 Å². The molecule has 0 aromatic heterocycles. The number of anilines is 1. The Labute approximate surface area is 105 Å². The minimum Gasteiger partial charge on any atom is -0.398 e. The number of hydrogen-bond donors (Lipinski definition) is 1. The Hall–Kier alpha value is -1.61. The van der Waals surface area contributed by atoms with Gasteiger partial charge in [0.2, 0.25) is 0 Å². The molecule has 0 saturated heterocycles. The van der Waals surface area contributed by atoms with Crippen molar-refractivity contribution in [3.05, 3.63) is 53.8 Å². The van der Waals surface area contributed by atoms with Gasteiger partial charge in [0.1, 0.15) is 0 Å². The molecule has 0 atom stereocenters. The standard InChI is InChI=1S/C14H14N2S/c1-16-8-3-2-5-10-9-17-14-11(13(10)16)6-4-7-12(14)15/h2-8H,9,15H2,1H3. The minimum atomic E-state index is 0.879. The van der Waals surface area contributed by atoms with Crippen molar-refractivity contribution in [2.24, 2.45) is 0 Å². The first-order valence-corrected chi connectivity index (χ1v) is 6.58. The van der Waals surface area contributed by atoms with E-state index in [1.54, 1.807) is 0 Å². The van der Waals surface area contributed by atoms with Crippen LogP contribution < -0.4 is 5.73 Å². The first-order chi connectivity index (χ1) is 8.27. The fraction of sp³-hybridized carbons (Fsp3) is 0.143. The molecule has 0 saturated carbocycles. The van der Waals surface area contributed by atoms with E-state index in [0.717, 1.165) is 11.4 Å². The molecule has 86 valence electrons. The Kier molecular flexibility index (Phi) is 2.48. The third-order valence-corrected chi connectivity index (χ3v) is 4.25. The second-order valence-corrected chi connectivity index (χ2v) is 5.18. The summed E-state index contributed by atoms with van der Waals surface area (Å²) in [6.07, 6.45) is 8.43. The Morgan fingerprint density at radius 2 is 2.18 bits per heavy atom. The number of rotatable bonds is 0. The summed E-state index contributed by atoms with van der Waals surface area (Å²) in [5, 5.41) is 0. The van der Waals surface area contributed by atoms with Crippen LogP contribution in [0.2, 0.25) is 0 Å². The molecule has 2 heterocycles. The first-order valence-electron chi connectivity index (χ1n) is 5.60. The van der Waals surface area contributed by atoms with Crippen molar-refractivity contribution >= 4 is 23.1 Å². The van der Waals surface area contributed by atoms with Crippen molar-refractivity contribution in [1.82, 2.24) is 4.90 Å². The van der Waals surface area contributed by atoms with Crippen LogP contribution in [0.5, 0.6) is 0 Å². The van der Waals surface area contributed by atoms with E-state index >= 15 is 0 Å². The van der Waals surface area contributed by atoms with Gasteiger partial charge < -0.3 is 10.6 Å². The maximum Gasteiger partial charge on any atom is 0.0530 e. The van der Waals surface area contributed by atoms with E-state index in [1.807, 2.05) is 23.9 Å². The van der Waals surface area contributed by atoms with Gasteiger partial charge in [-0.05, 0) is 17.7 Å². The molecular weight excluding hydrogens is 228 g/mol. The van der Waals surface area contributed by atoms with Gasteiger partial charge in [-0.25, -0.2) is 0 Å². The molecule has 2 aliphatic heterocycles. The van der Waals surface area contributed by atoms with Crippen LogP contribution in [0.1, 0.15) is 5.56 Å². The zero-order valence-electron chi connectivity index (χ0n) is 9.68. The average Bonchev–Trinajstić information content (AvgIpc) is 2.52. The third-order valence-electron chi connectivity index (χ3n) is 3.05. The molecule has 2 N–H and O–H groups in total. The summed E-state index contributed by atoms with van der Waals surface area (Å²) in [5.41, 5.74) is 10.8. The summed E-state index contributed by atoms with van der Waals surface area (Å²) < 4.78 is 0. The van der Waals surface area contributed by atoms with Crippen LogP contribution in [0.4, 0.5) is 5.69 Å². The zero-order valence-corrected chi connectivity index (χ0v) is 10.5. The zero-order chi connectivity index (χ0) is 11.8. The van der Waals surface area contributed by atoms with Gasteiger partial charge in [0.05, 0.1) is 5.70 Å². The molecule has 0 unspecified atom stereocenters. The smallest absolute Gasteiger partial charge is 0.0530 e. The lowest BCUT2D eigenvalue weighted by Crippen LogP contribution is -2.15. The van der Waals surface area contributed by atoms with Gasteiger partial charge in [0.15, 0.2) is 0 Å². The Morgan fingerprint density at radius 1 is 1.29 bits per heavy atom. The molecule has 0 aliphatic carbocycles. The number of fused-ring (bicyclic) bond motifs is 2. The van der Waals surface area contributed by atoms with Crippen LogP contribution in [0, 0.1) is 0 Å².